The molecule has 0 aliphatic heterocycles. The maximum absolute atomic E-state index is 12.5. The Morgan fingerprint density at radius 1 is 1.16 bits per heavy atom. The molecule has 0 amide bonds. The summed E-state index contributed by atoms with van der Waals surface area (Å²) < 4.78 is 6.61. The molecule has 2 heterocycles. The Kier molecular flexibility index (Phi) is 2.48. The Morgan fingerprint density at radius 3 is 2.63 bits per heavy atom. The van der Waals surface area contributed by atoms with Crippen LogP contribution >= 0.6 is 0 Å². The summed E-state index contributed by atoms with van der Waals surface area (Å²) in [5.41, 5.74) is 2.31. The maximum atomic E-state index is 12.5. The summed E-state index contributed by atoms with van der Waals surface area (Å²) >= 11 is 0. The van der Waals surface area contributed by atoms with Crippen LogP contribution in [0.25, 0.3) is 16.8 Å². The van der Waals surface area contributed by atoms with Gasteiger partial charge in [0.15, 0.2) is 0 Å². The lowest BCUT2D eigenvalue weighted by Gasteiger charge is -2.07. The molecule has 19 heavy (non-hydrogen) atoms. The minimum atomic E-state index is -0.137. The van der Waals surface area contributed by atoms with Gasteiger partial charge in [-0.1, -0.05) is 16.8 Å². The molecule has 2 aromatic heterocycles. The highest BCUT2D eigenvalue weighted by Gasteiger charge is 2.13. The van der Waals surface area contributed by atoms with Gasteiger partial charge < -0.3 is 4.52 Å². The van der Waals surface area contributed by atoms with Crippen molar-refractivity contribution in [3.05, 3.63) is 51.7 Å². The second-order valence-corrected chi connectivity index (χ2v) is 4.63. The molecule has 5 heteroatoms. The molecule has 0 radical (unpaired) electrons. The highest BCUT2D eigenvalue weighted by molar-refractivity contribution is 5.78. The predicted octanol–water partition coefficient (Wildman–Crippen LogP) is 2.30. The van der Waals surface area contributed by atoms with E-state index >= 15 is 0 Å². The number of nitrogens with zero attached hydrogens (tertiary/aromatic N) is 3. The molecule has 0 bridgehead atoms. The van der Waals surface area contributed by atoms with E-state index in [1.54, 1.807) is 13.0 Å². The summed E-state index contributed by atoms with van der Waals surface area (Å²) in [5, 5.41) is 4.39. The van der Waals surface area contributed by atoms with Gasteiger partial charge in [-0.25, -0.2) is 9.55 Å². The molecule has 3 aromatic rings. The van der Waals surface area contributed by atoms with E-state index in [2.05, 4.69) is 10.1 Å². The van der Waals surface area contributed by atoms with Crippen molar-refractivity contribution < 1.29 is 4.52 Å². The monoisotopic (exact) mass is 255 g/mol. The van der Waals surface area contributed by atoms with Crippen LogP contribution in [-0.4, -0.2) is 14.7 Å². The first-order chi connectivity index (χ1) is 9.06. The lowest BCUT2D eigenvalue weighted by Crippen LogP contribution is -2.21. The molecule has 0 atom stereocenters. The third kappa shape index (κ3) is 1.83. The molecule has 0 saturated carbocycles. The molecular weight excluding hydrogens is 242 g/mol. The van der Waals surface area contributed by atoms with E-state index in [1.165, 1.54) is 4.57 Å². The first kappa shape index (κ1) is 11.6. The molecule has 0 unspecified atom stereocenters. The molecule has 0 aliphatic carbocycles. The minimum absolute atomic E-state index is 0.137. The van der Waals surface area contributed by atoms with E-state index in [-0.39, 0.29) is 5.56 Å². The van der Waals surface area contributed by atoms with Crippen molar-refractivity contribution in [1.82, 2.24) is 14.7 Å². The topological polar surface area (TPSA) is 60.9 Å². The van der Waals surface area contributed by atoms with Crippen LogP contribution < -0.4 is 5.56 Å². The van der Waals surface area contributed by atoms with Crippen LogP contribution in [0.3, 0.4) is 0 Å². The van der Waals surface area contributed by atoms with Crippen molar-refractivity contribution in [1.29, 1.82) is 0 Å². The Hall–Kier alpha value is -2.43. The number of benzene rings is 1. The van der Waals surface area contributed by atoms with E-state index in [1.807, 2.05) is 32.0 Å². The molecule has 0 spiro atoms. The average molecular weight is 255 g/mol. The van der Waals surface area contributed by atoms with Crippen molar-refractivity contribution in [3.8, 4) is 5.88 Å². The number of hydrogen-bond donors (Lipinski definition) is 0. The van der Waals surface area contributed by atoms with E-state index in [0.29, 0.717) is 22.6 Å². The van der Waals surface area contributed by atoms with Crippen molar-refractivity contribution >= 4 is 10.9 Å². The van der Waals surface area contributed by atoms with Gasteiger partial charge in [-0.15, -0.1) is 0 Å². The Morgan fingerprint density at radius 2 is 1.95 bits per heavy atom. The SMILES string of the molecule is Cc1ccc2nc(C)n(-c3cc(C)no3)c(=O)c2c1. The van der Waals surface area contributed by atoms with Crippen molar-refractivity contribution in [2.45, 2.75) is 20.8 Å². The van der Waals surface area contributed by atoms with E-state index in [9.17, 15) is 4.79 Å². The molecule has 3 rings (SSSR count). The quantitative estimate of drug-likeness (QED) is 0.669. The van der Waals surface area contributed by atoms with Gasteiger partial charge in [-0.3, -0.25) is 4.79 Å². The summed E-state index contributed by atoms with van der Waals surface area (Å²) in [6, 6.07) is 7.35. The van der Waals surface area contributed by atoms with Gasteiger partial charge >= 0.3 is 0 Å². The zero-order chi connectivity index (χ0) is 13.6. The second kappa shape index (κ2) is 4.05. The van der Waals surface area contributed by atoms with E-state index < -0.39 is 0 Å². The molecule has 96 valence electrons. The maximum Gasteiger partial charge on any atom is 0.268 e. The van der Waals surface area contributed by atoms with Crippen LogP contribution in [0.15, 0.2) is 33.6 Å². The van der Waals surface area contributed by atoms with Crippen molar-refractivity contribution in [2.75, 3.05) is 0 Å². The van der Waals surface area contributed by atoms with Gasteiger partial charge in [-0.2, -0.15) is 0 Å². The van der Waals surface area contributed by atoms with Crippen molar-refractivity contribution in [3.63, 3.8) is 0 Å². The Bertz CT molecular complexity index is 830. The predicted molar refractivity (Wildman–Crippen MR) is 71.6 cm³/mol. The number of rotatable bonds is 1. The summed E-state index contributed by atoms with van der Waals surface area (Å²) in [5.74, 6) is 0.980. The molecule has 0 fully saturated rings. The lowest BCUT2D eigenvalue weighted by molar-refractivity contribution is 0.397. The van der Waals surface area contributed by atoms with Crippen LogP contribution in [0.1, 0.15) is 17.1 Å². The standard InChI is InChI=1S/C14H13N3O2/c1-8-4-5-12-11(6-8)14(18)17(10(3)15-12)13-7-9(2)16-19-13/h4-7H,1-3H3. The molecule has 5 nitrogen and oxygen atoms in total. The Balaban J connectivity index is 2.40. The highest BCUT2D eigenvalue weighted by Crippen LogP contribution is 2.14. The third-order valence-electron chi connectivity index (χ3n) is 3.03. The minimum Gasteiger partial charge on any atom is -0.338 e. The van der Waals surface area contributed by atoms with E-state index in [4.69, 9.17) is 4.52 Å². The van der Waals surface area contributed by atoms with Gasteiger partial charge in [-0.05, 0) is 32.9 Å². The number of aromatic nitrogens is 3. The fourth-order valence-corrected chi connectivity index (χ4v) is 2.13. The first-order valence-electron chi connectivity index (χ1n) is 6.00. The number of fused-ring (bicyclic) bond motifs is 1. The molecular formula is C14H13N3O2. The smallest absolute Gasteiger partial charge is 0.268 e. The van der Waals surface area contributed by atoms with Crippen LogP contribution in [0.5, 0.6) is 0 Å². The van der Waals surface area contributed by atoms with Crippen LogP contribution in [0.2, 0.25) is 0 Å². The molecule has 0 aliphatic rings. The summed E-state index contributed by atoms with van der Waals surface area (Å²) in [6.45, 7) is 5.53. The first-order valence-corrected chi connectivity index (χ1v) is 6.00. The van der Waals surface area contributed by atoms with Gasteiger partial charge in [0.25, 0.3) is 5.56 Å². The molecule has 0 N–H and O–H groups in total. The number of aryl methyl sites for hydroxylation is 3. The van der Waals surface area contributed by atoms with Gasteiger partial charge in [0.05, 0.1) is 16.6 Å². The zero-order valence-electron chi connectivity index (χ0n) is 11.0. The van der Waals surface area contributed by atoms with Gasteiger partial charge in [0, 0.05) is 6.07 Å². The highest BCUT2D eigenvalue weighted by atomic mass is 16.5. The van der Waals surface area contributed by atoms with Gasteiger partial charge in [0.1, 0.15) is 5.82 Å². The molecule has 0 saturated heterocycles. The average Bonchev–Trinajstić information content (AvgIpc) is 2.77. The fraction of sp³-hybridized carbons (Fsp3) is 0.214. The normalized spacial score (nSPS) is 11.1. The van der Waals surface area contributed by atoms with Crippen molar-refractivity contribution in [2.24, 2.45) is 0 Å². The number of hydrogen-bond acceptors (Lipinski definition) is 4. The summed E-state index contributed by atoms with van der Waals surface area (Å²) in [6.07, 6.45) is 0. The Labute approximate surface area is 109 Å². The lowest BCUT2D eigenvalue weighted by atomic mass is 10.1. The van der Waals surface area contributed by atoms with E-state index in [0.717, 1.165) is 11.3 Å². The van der Waals surface area contributed by atoms with Crippen LogP contribution in [-0.2, 0) is 0 Å². The zero-order valence-corrected chi connectivity index (χ0v) is 11.0. The van der Waals surface area contributed by atoms with Crippen LogP contribution in [0, 0.1) is 20.8 Å². The van der Waals surface area contributed by atoms with Gasteiger partial charge in [0.2, 0.25) is 5.88 Å². The molecule has 1 aromatic carbocycles. The summed E-state index contributed by atoms with van der Waals surface area (Å²) in [4.78, 5) is 17.0. The fourth-order valence-electron chi connectivity index (χ4n) is 2.13. The van der Waals surface area contributed by atoms with Crippen LogP contribution in [0.4, 0.5) is 0 Å². The largest absolute Gasteiger partial charge is 0.338 e. The summed E-state index contributed by atoms with van der Waals surface area (Å²) in [7, 11) is 0. The second-order valence-electron chi connectivity index (χ2n) is 4.63. The third-order valence-corrected chi connectivity index (χ3v) is 3.03.